The average Bonchev–Trinajstić information content (AvgIpc) is 2.89. The monoisotopic (exact) mass is 317 g/mol. The van der Waals surface area contributed by atoms with Crippen LogP contribution in [0.1, 0.15) is 12.8 Å². The Morgan fingerprint density at radius 3 is 2.86 bits per heavy atom. The van der Waals surface area contributed by atoms with E-state index in [0.717, 1.165) is 24.2 Å². The maximum absolute atomic E-state index is 11.7. The molecule has 1 fully saturated rings. The van der Waals surface area contributed by atoms with Crippen LogP contribution in [0.3, 0.4) is 0 Å². The van der Waals surface area contributed by atoms with Crippen molar-refractivity contribution in [3.05, 3.63) is 29.1 Å². The normalized spacial score (nSPS) is 15.6. The van der Waals surface area contributed by atoms with Gasteiger partial charge >= 0.3 is 0 Å². The second kappa shape index (κ2) is 6.39. The van der Waals surface area contributed by atoms with Crippen LogP contribution >= 0.6 is 11.6 Å². The van der Waals surface area contributed by atoms with E-state index in [1.807, 2.05) is 6.07 Å². The molecule has 1 amide bonds. The number of oxazole rings is 1. The fourth-order valence-electron chi connectivity index (χ4n) is 2.50. The molecule has 0 atom stereocenters. The van der Waals surface area contributed by atoms with Gasteiger partial charge in [0.1, 0.15) is 5.52 Å². The van der Waals surface area contributed by atoms with Gasteiger partial charge in [-0.1, -0.05) is 17.5 Å². The summed E-state index contributed by atoms with van der Waals surface area (Å²) in [5.74, 6) is 5.80. The Kier molecular flexibility index (Phi) is 4.32. The van der Waals surface area contributed by atoms with Crippen molar-refractivity contribution >= 4 is 28.6 Å². The highest BCUT2D eigenvalue weighted by molar-refractivity contribution is 6.31. The molecule has 3 rings (SSSR count). The number of carbonyl (C=O) groups is 1. The summed E-state index contributed by atoms with van der Waals surface area (Å²) < 4.78 is 5.72. The van der Waals surface area contributed by atoms with Crippen molar-refractivity contribution in [1.29, 1.82) is 0 Å². The molecule has 0 bridgehead atoms. The summed E-state index contributed by atoms with van der Waals surface area (Å²) in [5.41, 5.74) is 1.51. The van der Waals surface area contributed by atoms with E-state index < -0.39 is 0 Å². The minimum atomic E-state index is -0.0985. The first-order chi connectivity index (χ1) is 10.7. The highest BCUT2D eigenvalue weighted by Crippen LogP contribution is 2.21. The van der Waals surface area contributed by atoms with Crippen molar-refractivity contribution in [3.63, 3.8) is 0 Å². The molecule has 1 aliphatic rings. The number of rotatable bonds is 2. The lowest BCUT2D eigenvalue weighted by Crippen LogP contribution is -2.48. The minimum absolute atomic E-state index is 0.0985. The van der Waals surface area contributed by atoms with Crippen LogP contribution in [0.25, 0.3) is 11.1 Å². The van der Waals surface area contributed by atoms with Gasteiger partial charge in [-0.25, -0.2) is 4.98 Å². The molecule has 0 saturated carbocycles. The lowest BCUT2D eigenvalue weighted by Gasteiger charge is -2.32. The van der Waals surface area contributed by atoms with E-state index in [0.29, 0.717) is 30.5 Å². The highest BCUT2D eigenvalue weighted by Gasteiger charge is 2.21. The van der Waals surface area contributed by atoms with Gasteiger partial charge in [-0.3, -0.25) is 9.69 Å². The Morgan fingerprint density at radius 2 is 2.14 bits per heavy atom. The largest absolute Gasteiger partial charge is 0.439 e. The van der Waals surface area contributed by atoms with Crippen LogP contribution in [-0.4, -0.2) is 46.9 Å². The number of aromatic nitrogens is 1. The van der Waals surface area contributed by atoms with E-state index in [1.54, 1.807) is 24.0 Å². The van der Waals surface area contributed by atoms with E-state index in [9.17, 15) is 4.79 Å². The van der Waals surface area contributed by atoms with Crippen LogP contribution in [0.2, 0.25) is 5.02 Å². The lowest BCUT2D eigenvalue weighted by atomic mass is 10.3. The molecule has 114 valence electrons. The fourth-order valence-corrected chi connectivity index (χ4v) is 2.67. The van der Waals surface area contributed by atoms with Crippen molar-refractivity contribution in [2.75, 3.05) is 26.2 Å². The molecule has 0 N–H and O–H groups in total. The Balaban J connectivity index is 1.61. The van der Waals surface area contributed by atoms with Crippen molar-refractivity contribution in [2.45, 2.75) is 13.5 Å². The first kappa shape index (κ1) is 14.9. The van der Waals surface area contributed by atoms with Crippen LogP contribution < -0.4 is 0 Å². The van der Waals surface area contributed by atoms with Gasteiger partial charge in [0.05, 0.1) is 6.54 Å². The third-order valence-electron chi connectivity index (χ3n) is 3.64. The van der Waals surface area contributed by atoms with Gasteiger partial charge in [-0.15, -0.1) is 0 Å². The number of nitrogens with zero attached hydrogens (tertiary/aromatic N) is 3. The second-order valence-corrected chi connectivity index (χ2v) is 5.60. The molecule has 5 nitrogen and oxygen atoms in total. The topological polar surface area (TPSA) is 49.6 Å². The van der Waals surface area contributed by atoms with Gasteiger partial charge in [-0.05, 0) is 31.0 Å². The van der Waals surface area contributed by atoms with E-state index in [-0.39, 0.29) is 5.91 Å². The van der Waals surface area contributed by atoms with Crippen LogP contribution in [-0.2, 0) is 11.3 Å². The number of hydrogen-bond donors (Lipinski definition) is 0. The molecule has 6 heteroatoms. The maximum atomic E-state index is 11.7. The van der Waals surface area contributed by atoms with Crippen molar-refractivity contribution in [1.82, 2.24) is 14.8 Å². The molecule has 1 saturated heterocycles. The number of hydrogen-bond acceptors (Lipinski definition) is 4. The fraction of sp³-hybridized carbons (Fsp3) is 0.375. The lowest BCUT2D eigenvalue weighted by molar-refractivity contribution is -0.126. The van der Waals surface area contributed by atoms with Gasteiger partial charge in [0, 0.05) is 31.2 Å². The zero-order valence-corrected chi connectivity index (χ0v) is 13.1. The highest BCUT2D eigenvalue weighted by atomic mass is 35.5. The number of amides is 1. The van der Waals surface area contributed by atoms with Crippen LogP contribution in [0.4, 0.5) is 0 Å². The first-order valence-electron chi connectivity index (χ1n) is 7.14. The van der Waals surface area contributed by atoms with Crippen LogP contribution in [0, 0.1) is 11.8 Å². The van der Waals surface area contributed by atoms with E-state index in [2.05, 4.69) is 21.7 Å². The first-order valence-corrected chi connectivity index (χ1v) is 7.52. The molecule has 2 aromatic rings. The van der Waals surface area contributed by atoms with Crippen molar-refractivity contribution in [3.8, 4) is 11.8 Å². The van der Waals surface area contributed by atoms with Gasteiger partial charge in [0.2, 0.25) is 5.89 Å². The maximum Gasteiger partial charge on any atom is 0.298 e. The summed E-state index contributed by atoms with van der Waals surface area (Å²) >= 11 is 5.95. The molecular formula is C16H16ClN3O2. The van der Waals surface area contributed by atoms with E-state index in [4.69, 9.17) is 16.0 Å². The van der Waals surface area contributed by atoms with Gasteiger partial charge in [0.15, 0.2) is 5.58 Å². The van der Waals surface area contributed by atoms with Crippen molar-refractivity contribution in [2.24, 2.45) is 0 Å². The summed E-state index contributed by atoms with van der Waals surface area (Å²) in [6, 6.07) is 5.41. The molecule has 0 unspecified atom stereocenters. The third kappa shape index (κ3) is 3.24. The molecule has 1 aromatic heterocycles. The summed E-state index contributed by atoms with van der Waals surface area (Å²) in [4.78, 5) is 20.2. The standard InChI is InChI=1S/C16H16ClN3O2/c1-2-3-16(21)20-8-6-19(7-9-20)11-15-18-13-10-12(17)4-5-14(13)22-15/h4-5,10H,6-9,11H2,1H3. The van der Waals surface area contributed by atoms with Crippen molar-refractivity contribution < 1.29 is 9.21 Å². The number of fused-ring (bicyclic) bond motifs is 1. The summed E-state index contributed by atoms with van der Waals surface area (Å²) in [6.07, 6.45) is 0. The summed E-state index contributed by atoms with van der Waals surface area (Å²) in [6.45, 7) is 5.24. The predicted molar refractivity (Wildman–Crippen MR) is 84.3 cm³/mol. The summed E-state index contributed by atoms with van der Waals surface area (Å²) in [7, 11) is 0. The van der Waals surface area contributed by atoms with Gasteiger partial charge in [0.25, 0.3) is 5.91 Å². The van der Waals surface area contributed by atoms with E-state index >= 15 is 0 Å². The Hall–Kier alpha value is -2.03. The number of carbonyl (C=O) groups excluding carboxylic acids is 1. The van der Waals surface area contributed by atoms with Gasteiger partial charge in [-0.2, -0.15) is 0 Å². The SMILES string of the molecule is CC#CC(=O)N1CCN(Cc2nc3cc(Cl)ccc3o2)CC1. The summed E-state index contributed by atoms with van der Waals surface area (Å²) in [5, 5.41) is 0.650. The Labute approximate surface area is 133 Å². The number of benzene rings is 1. The Bertz CT molecular complexity index is 752. The molecule has 1 aliphatic heterocycles. The zero-order valence-electron chi connectivity index (χ0n) is 12.3. The van der Waals surface area contributed by atoms with Crippen LogP contribution in [0.15, 0.2) is 22.6 Å². The average molecular weight is 318 g/mol. The third-order valence-corrected chi connectivity index (χ3v) is 3.88. The molecular weight excluding hydrogens is 302 g/mol. The minimum Gasteiger partial charge on any atom is -0.439 e. The molecule has 2 heterocycles. The molecule has 0 spiro atoms. The van der Waals surface area contributed by atoms with Crippen LogP contribution in [0.5, 0.6) is 0 Å². The quantitative estimate of drug-likeness (QED) is 0.796. The number of halogens is 1. The van der Waals surface area contributed by atoms with Gasteiger partial charge < -0.3 is 9.32 Å². The predicted octanol–water partition coefficient (Wildman–Crippen LogP) is 2.15. The smallest absolute Gasteiger partial charge is 0.298 e. The zero-order chi connectivity index (χ0) is 15.5. The molecule has 0 radical (unpaired) electrons. The van der Waals surface area contributed by atoms with E-state index in [1.165, 1.54) is 0 Å². The molecule has 22 heavy (non-hydrogen) atoms. The number of piperazine rings is 1. The Morgan fingerprint density at radius 1 is 1.36 bits per heavy atom. The second-order valence-electron chi connectivity index (χ2n) is 5.16. The molecule has 0 aliphatic carbocycles. The molecule has 1 aromatic carbocycles.